The maximum Gasteiger partial charge on any atom is 0.132 e. The molecular formula is C14H16N4. The van der Waals surface area contributed by atoms with Crippen LogP contribution in [-0.4, -0.2) is 21.5 Å². The Morgan fingerprint density at radius 1 is 1.17 bits per heavy atom. The predicted molar refractivity (Wildman–Crippen MR) is 70.3 cm³/mol. The molecule has 0 aliphatic carbocycles. The number of anilines is 1. The highest BCUT2D eigenvalue weighted by molar-refractivity contribution is 5.42. The van der Waals surface area contributed by atoms with E-state index in [0.717, 1.165) is 30.3 Å². The second kappa shape index (κ2) is 4.72. The van der Waals surface area contributed by atoms with Gasteiger partial charge in [0.2, 0.25) is 0 Å². The van der Waals surface area contributed by atoms with Crippen molar-refractivity contribution in [2.75, 3.05) is 11.4 Å². The Morgan fingerprint density at radius 2 is 2.11 bits per heavy atom. The Bertz CT molecular complexity index is 526. The first kappa shape index (κ1) is 11.1. The van der Waals surface area contributed by atoms with Crippen LogP contribution in [0.3, 0.4) is 0 Å². The SMILES string of the molecule is Cc1nccc(N2CCC[C@H]2c2ccccn2)n1. The zero-order valence-corrected chi connectivity index (χ0v) is 10.5. The number of aryl methyl sites for hydroxylation is 1. The van der Waals surface area contributed by atoms with Gasteiger partial charge in [-0.25, -0.2) is 9.97 Å². The molecule has 0 radical (unpaired) electrons. The summed E-state index contributed by atoms with van der Waals surface area (Å²) in [4.78, 5) is 15.5. The van der Waals surface area contributed by atoms with Gasteiger partial charge in [-0.05, 0) is 38.0 Å². The first-order valence-corrected chi connectivity index (χ1v) is 6.32. The molecule has 0 unspecified atom stereocenters. The van der Waals surface area contributed by atoms with Crippen LogP contribution in [0.25, 0.3) is 0 Å². The molecule has 92 valence electrons. The van der Waals surface area contributed by atoms with Gasteiger partial charge in [0, 0.05) is 18.9 Å². The second-order valence-corrected chi connectivity index (χ2v) is 4.57. The van der Waals surface area contributed by atoms with E-state index < -0.39 is 0 Å². The fraction of sp³-hybridized carbons (Fsp3) is 0.357. The molecule has 1 atom stereocenters. The van der Waals surface area contributed by atoms with E-state index in [1.165, 1.54) is 6.42 Å². The molecule has 0 amide bonds. The molecule has 0 aromatic carbocycles. The van der Waals surface area contributed by atoms with Crippen LogP contribution in [0.2, 0.25) is 0 Å². The minimum absolute atomic E-state index is 0.348. The molecule has 1 fully saturated rings. The summed E-state index contributed by atoms with van der Waals surface area (Å²) < 4.78 is 0. The highest BCUT2D eigenvalue weighted by Crippen LogP contribution is 2.33. The van der Waals surface area contributed by atoms with Gasteiger partial charge in [0.05, 0.1) is 11.7 Å². The molecule has 3 rings (SSSR count). The van der Waals surface area contributed by atoms with Gasteiger partial charge in [-0.1, -0.05) is 6.07 Å². The zero-order chi connectivity index (χ0) is 12.4. The molecule has 0 bridgehead atoms. The smallest absolute Gasteiger partial charge is 0.132 e. The monoisotopic (exact) mass is 240 g/mol. The average Bonchev–Trinajstić information content (AvgIpc) is 2.89. The molecular weight excluding hydrogens is 224 g/mol. The van der Waals surface area contributed by atoms with Crippen LogP contribution in [0, 0.1) is 6.92 Å². The van der Waals surface area contributed by atoms with E-state index >= 15 is 0 Å². The van der Waals surface area contributed by atoms with Crippen LogP contribution in [0.5, 0.6) is 0 Å². The van der Waals surface area contributed by atoms with E-state index in [-0.39, 0.29) is 0 Å². The highest BCUT2D eigenvalue weighted by Gasteiger charge is 2.27. The molecule has 0 N–H and O–H groups in total. The molecule has 0 spiro atoms. The summed E-state index contributed by atoms with van der Waals surface area (Å²) in [7, 11) is 0. The Balaban J connectivity index is 1.92. The Morgan fingerprint density at radius 3 is 2.89 bits per heavy atom. The van der Waals surface area contributed by atoms with Crippen molar-refractivity contribution in [2.24, 2.45) is 0 Å². The number of rotatable bonds is 2. The summed E-state index contributed by atoms with van der Waals surface area (Å²) in [5.41, 5.74) is 1.13. The topological polar surface area (TPSA) is 41.9 Å². The van der Waals surface area contributed by atoms with Crippen molar-refractivity contribution in [2.45, 2.75) is 25.8 Å². The van der Waals surface area contributed by atoms with E-state index in [2.05, 4.69) is 25.9 Å². The predicted octanol–water partition coefficient (Wildman–Crippen LogP) is 2.52. The minimum Gasteiger partial charge on any atom is -0.348 e. The lowest BCUT2D eigenvalue weighted by atomic mass is 10.1. The minimum atomic E-state index is 0.348. The summed E-state index contributed by atoms with van der Waals surface area (Å²) in [6, 6.07) is 8.42. The number of aromatic nitrogens is 3. The van der Waals surface area contributed by atoms with Crippen LogP contribution in [0.4, 0.5) is 5.82 Å². The first-order chi connectivity index (χ1) is 8.84. The van der Waals surface area contributed by atoms with E-state index in [0.29, 0.717) is 6.04 Å². The van der Waals surface area contributed by atoms with Gasteiger partial charge < -0.3 is 4.90 Å². The summed E-state index contributed by atoms with van der Waals surface area (Å²) >= 11 is 0. The standard InChI is InChI=1S/C14H16N4/c1-11-15-9-7-14(17-11)18-10-4-6-13(18)12-5-2-3-8-16-12/h2-3,5,7-9,13H,4,6,10H2,1H3/t13-/m0/s1. The van der Waals surface area contributed by atoms with Crippen molar-refractivity contribution in [3.63, 3.8) is 0 Å². The largest absolute Gasteiger partial charge is 0.348 e. The zero-order valence-electron chi connectivity index (χ0n) is 10.5. The normalized spacial score (nSPS) is 19.2. The van der Waals surface area contributed by atoms with Crippen molar-refractivity contribution >= 4 is 5.82 Å². The Labute approximate surface area is 107 Å². The molecule has 2 aromatic heterocycles. The van der Waals surface area contributed by atoms with Gasteiger partial charge in [-0.15, -0.1) is 0 Å². The third-order valence-corrected chi connectivity index (χ3v) is 3.34. The Hall–Kier alpha value is -1.97. The van der Waals surface area contributed by atoms with Crippen molar-refractivity contribution in [3.8, 4) is 0 Å². The third kappa shape index (κ3) is 2.06. The molecule has 2 aromatic rings. The lowest BCUT2D eigenvalue weighted by Crippen LogP contribution is -2.24. The fourth-order valence-electron chi connectivity index (χ4n) is 2.53. The third-order valence-electron chi connectivity index (χ3n) is 3.34. The molecule has 1 aliphatic rings. The summed E-state index contributed by atoms with van der Waals surface area (Å²) in [5.74, 6) is 1.83. The van der Waals surface area contributed by atoms with E-state index in [1.54, 1.807) is 0 Å². The first-order valence-electron chi connectivity index (χ1n) is 6.32. The van der Waals surface area contributed by atoms with Crippen molar-refractivity contribution in [3.05, 3.63) is 48.2 Å². The van der Waals surface area contributed by atoms with Gasteiger partial charge in [0.15, 0.2) is 0 Å². The van der Waals surface area contributed by atoms with Crippen molar-refractivity contribution in [1.29, 1.82) is 0 Å². The highest BCUT2D eigenvalue weighted by atomic mass is 15.2. The summed E-state index contributed by atoms with van der Waals surface area (Å²) in [6.45, 7) is 2.97. The molecule has 18 heavy (non-hydrogen) atoms. The molecule has 4 nitrogen and oxygen atoms in total. The molecule has 3 heterocycles. The average molecular weight is 240 g/mol. The molecule has 1 aliphatic heterocycles. The van der Waals surface area contributed by atoms with Gasteiger partial charge in [0.25, 0.3) is 0 Å². The van der Waals surface area contributed by atoms with Gasteiger partial charge in [0.1, 0.15) is 11.6 Å². The van der Waals surface area contributed by atoms with E-state index in [1.807, 2.05) is 37.5 Å². The summed E-state index contributed by atoms with van der Waals surface area (Å²) in [5, 5.41) is 0. The Kier molecular flexibility index (Phi) is 2.92. The van der Waals surface area contributed by atoms with E-state index in [4.69, 9.17) is 0 Å². The van der Waals surface area contributed by atoms with Gasteiger partial charge in [-0.2, -0.15) is 0 Å². The maximum absolute atomic E-state index is 4.52. The fourth-order valence-corrected chi connectivity index (χ4v) is 2.53. The summed E-state index contributed by atoms with van der Waals surface area (Å²) in [6.07, 6.45) is 6.01. The molecule has 4 heteroatoms. The number of nitrogens with zero attached hydrogens (tertiary/aromatic N) is 4. The quantitative estimate of drug-likeness (QED) is 0.809. The van der Waals surface area contributed by atoms with Crippen LogP contribution >= 0.6 is 0 Å². The van der Waals surface area contributed by atoms with E-state index in [9.17, 15) is 0 Å². The van der Waals surface area contributed by atoms with Gasteiger partial charge >= 0.3 is 0 Å². The molecule has 1 saturated heterocycles. The lowest BCUT2D eigenvalue weighted by Gasteiger charge is -2.25. The van der Waals surface area contributed by atoms with Crippen LogP contribution in [0.1, 0.15) is 30.4 Å². The second-order valence-electron chi connectivity index (χ2n) is 4.57. The number of hydrogen-bond acceptors (Lipinski definition) is 4. The number of hydrogen-bond donors (Lipinski definition) is 0. The van der Waals surface area contributed by atoms with Crippen LogP contribution < -0.4 is 4.90 Å². The van der Waals surface area contributed by atoms with Crippen molar-refractivity contribution < 1.29 is 0 Å². The van der Waals surface area contributed by atoms with Crippen molar-refractivity contribution in [1.82, 2.24) is 15.0 Å². The van der Waals surface area contributed by atoms with Crippen LogP contribution in [-0.2, 0) is 0 Å². The number of pyridine rings is 1. The van der Waals surface area contributed by atoms with Gasteiger partial charge in [-0.3, -0.25) is 4.98 Å². The van der Waals surface area contributed by atoms with Crippen LogP contribution in [0.15, 0.2) is 36.7 Å². The molecule has 0 saturated carbocycles. The lowest BCUT2D eigenvalue weighted by molar-refractivity contribution is 0.686. The maximum atomic E-state index is 4.52.